The standard InChI is InChI=1S/C11H10BrF4NO/c1-2-17(6-11(14,15)16)10(18)7-3-4-9(13)8(12)5-7/h3-5H,2,6H2,1H3. The Morgan fingerprint density at radius 2 is 2.00 bits per heavy atom. The molecule has 1 aromatic rings. The average molecular weight is 328 g/mol. The first-order chi connectivity index (χ1) is 8.24. The molecule has 1 aromatic carbocycles. The topological polar surface area (TPSA) is 20.3 Å². The van der Waals surface area contributed by atoms with Crippen molar-refractivity contribution in [3.8, 4) is 0 Å². The lowest BCUT2D eigenvalue weighted by molar-refractivity contribution is -0.140. The fourth-order valence-electron chi connectivity index (χ4n) is 1.36. The predicted molar refractivity (Wildman–Crippen MR) is 61.7 cm³/mol. The van der Waals surface area contributed by atoms with E-state index in [9.17, 15) is 22.4 Å². The van der Waals surface area contributed by atoms with Crippen molar-refractivity contribution >= 4 is 21.8 Å². The Morgan fingerprint density at radius 3 is 2.44 bits per heavy atom. The highest BCUT2D eigenvalue weighted by atomic mass is 79.9. The van der Waals surface area contributed by atoms with Crippen molar-refractivity contribution in [1.29, 1.82) is 0 Å². The molecule has 0 saturated heterocycles. The van der Waals surface area contributed by atoms with Crippen LogP contribution in [0.5, 0.6) is 0 Å². The van der Waals surface area contributed by atoms with Gasteiger partial charge in [-0.25, -0.2) is 4.39 Å². The van der Waals surface area contributed by atoms with E-state index in [4.69, 9.17) is 0 Å². The second-order valence-electron chi connectivity index (χ2n) is 3.56. The molecule has 18 heavy (non-hydrogen) atoms. The maximum absolute atomic E-state index is 13.0. The highest BCUT2D eigenvalue weighted by Gasteiger charge is 2.32. The van der Waals surface area contributed by atoms with E-state index in [1.54, 1.807) is 0 Å². The molecule has 0 unspecified atom stereocenters. The first-order valence-corrected chi connectivity index (χ1v) is 5.85. The van der Waals surface area contributed by atoms with Gasteiger partial charge in [0.2, 0.25) is 0 Å². The molecular weight excluding hydrogens is 318 g/mol. The van der Waals surface area contributed by atoms with Gasteiger partial charge in [0, 0.05) is 12.1 Å². The number of benzene rings is 1. The maximum atomic E-state index is 13.0. The first-order valence-electron chi connectivity index (χ1n) is 5.05. The van der Waals surface area contributed by atoms with Crippen molar-refractivity contribution in [2.45, 2.75) is 13.1 Å². The number of nitrogens with zero attached hydrogens (tertiary/aromatic N) is 1. The van der Waals surface area contributed by atoms with Crippen LogP contribution in [0.15, 0.2) is 22.7 Å². The molecule has 0 bridgehead atoms. The van der Waals surface area contributed by atoms with Crippen LogP contribution in [0.25, 0.3) is 0 Å². The molecule has 0 aliphatic heterocycles. The number of rotatable bonds is 3. The van der Waals surface area contributed by atoms with Gasteiger partial charge in [0.25, 0.3) is 5.91 Å². The lowest BCUT2D eigenvalue weighted by Gasteiger charge is -2.22. The van der Waals surface area contributed by atoms with Crippen LogP contribution >= 0.6 is 15.9 Å². The van der Waals surface area contributed by atoms with Crippen LogP contribution in [0.2, 0.25) is 0 Å². The molecule has 0 spiro atoms. The molecule has 2 nitrogen and oxygen atoms in total. The molecule has 0 aliphatic rings. The average Bonchev–Trinajstić information content (AvgIpc) is 2.27. The van der Waals surface area contributed by atoms with Gasteiger partial charge in [-0.2, -0.15) is 13.2 Å². The molecule has 0 radical (unpaired) electrons. The Hall–Kier alpha value is -1.11. The van der Waals surface area contributed by atoms with E-state index in [-0.39, 0.29) is 16.6 Å². The van der Waals surface area contributed by atoms with Crippen molar-refractivity contribution in [1.82, 2.24) is 4.90 Å². The van der Waals surface area contributed by atoms with E-state index < -0.39 is 24.4 Å². The largest absolute Gasteiger partial charge is 0.406 e. The fourth-order valence-corrected chi connectivity index (χ4v) is 1.73. The quantitative estimate of drug-likeness (QED) is 0.776. The van der Waals surface area contributed by atoms with Crippen molar-refractivity contribution in [2.24, 2.45) is 0 Å². The minimum Gasteiger partial charge on any atom is -0.330 e. The second-order valence-corrected chi connectivity index (χ2v) is 4.42. The van der Waals surface area contributed by atoms with E-state index in [2.05, 4.69) is 15.9 Å². The third-order valence-electron chi connectivity index (χ3n) is 2.21. The van der Waals surface area contributed by atoms with Crippen LogP contribution in [-0.2, 0) is 0 Å². The Bertz CT molecular complexity index is 447. The van der Waals surface area contributed by atoms with Crippen LogP contribution in [0, 0.1) is 5.82 Å². The molecule has 1 rings (SSSR count). The Balaban J connectivity index is 2.93. The van der Waals surface area contributed by atoms with Gasteiger partial charge in [0.15, 0.2) is 0 Å². The van der Waals surface area contributed by atoms with Crippen molar-refractivity contribution < 1.29 is 22.4 Å². The molecular formula is C11H10BrF4NO. The summed E-state index contributed by atoms with van der Waals surface area (Å²) >= 11 is 2.88. The molecule has 0 heterocycles. The van der Waals surface area contributed by atoms with Gasteiger partial charge in [0.05, 0.1) is 4.47 Å². The number of halogens is 5. The molecule has 0 aliphatic carbocycles. The zero-order valence-electron chi connectivity index (χ0n) is 9.39. The summed E-state index contributed by atoms with van der Waals surface area (Å²) in [5.41, 5.74) is 0.00868. The van der Waals surface area contributed by atoms with Crippen molar-refractivity contribution in [2.75, 3.05) is 13.1 Å². The summed E-state index contributed by atoms with van der Waals surface area (Å²) in [6.45, 7) is 0.0485. The first kappa shape index (κ1) is 14.9. The molecule has 0 fully saturated rings. The van der Waals surface area contributed by atoms with Crippen LogP contribution in [0.1, 0.15) is 17.3 Å². The predicted octanol–water partition coefficient (Wildman–Crippen LogP) is 3.61. The number of hydrogen-bond donors (Lipinski definition) is 0. The van der Waals surface area contributed by atoms with Gasteiger partial charge in [0.1, 0.15) is 12.4 Å². The van der Waals surface area contributed by atoms with Crippen LogP contribution in [0.4, 0.5) is 17.6 Å². The van der Waals surface area contributed by atoms with Gasteiger partial charge in [-0.3, -0.25) is 4.79 Å². The van der Waals surface area contributed by atoms with Gasteiger partial charge >= 0.3 is 6.18 Å². The summed E-state index contributed by atoms with van der Waals surface area (Å²) in [5, 5.41) is 0. The zero-order valence-corrected chi connectivity index (χ0v) is 11.0. The summed E-state index contributed by atoms with van der Waals surface area (Å²) in [6, 6.07) is 3.34. The van der Waals surface area contributed by atoms with Crippen molar-refractivity contribution in [3.05, 3.63) is 34.1 Å². The second kappa shape index (κ2) is 5.69. The number of carbonyl (C=O) groups is 1. The molecule has 0 saturated carbocycles. The fraction of sp³-hybridized carbons (Fsp3) is 0.364. The minimum atomic E-state index is -4.46. The van der Waals surface area contributed by atoms with Gasteiger partial charge in [-0.1, -0.05) is 0 Å². The number of alkyl halides is 3. The third-order valence-corrected chi connectivity index (χ3v) is 2.81. The smallest absolute Gasteiger partial charge is 0.330 e. The Morgan fingerprint density at radius 1 is 1.39 bits per heavy atom. The highest BCUT2D eigenvalue weighted by Crippen LogP contribution is 2.21. The lowest BCUT2D eigenvalue weighted by Crippen LogP contribution is -2.38. The van der Waals surface area contributed by atoms with Crippen molar-refractivity contribution in [3.63, 3.8) is 0 Å². The zero-order chi connectivity index (χ0) is 13.9. The summed E-state index contributed by atoms with van der Waals surface area (Å²) in [4.78, 5) is 12.5. The Kier molecular flexibility index (Phi) is 4.72. The lowest BCUT2D eigenvalue weighted by atomic mass is 10.2. The van der Waals surface area contributed by atoms with E-state index in [1.165, 1.54) is 6.92 Å². The summed E-state index contributed by atoms with van der Waals surface area (Å²) in [5.74, 6) is -1.36. The maximum Gasteiger partial charge on any atom is 0.406 e. The number of hydrogen-bond acceptors (Lipinski definition) is 1. The third kappa shape index (κ3) is 3.97. The molecule has 100 valence electrons. The Labute approximate surface area is 110 Å². The summed E-state index contributed by atoms with van der Waals surface area (Å²) in [7, 11) is 0. The SMILES string of the molecule is CCN(CC(F)(F)F)C(=O)c1ccc(F)c(Br)c1. The van der Waals surface area contributed by atoms with E-state index in [1.807, 2.05) is 0 Å². The molecule has 7 heteroatoms. The van der Waals surface area contributed by atoms with E-state index in [0.717, 1.165) is 18.2 Å². The molecule has 0 aromatic heterocycles. The highest BCUT2D eigenvalue weighted by molar-refractivity contribution is 9.10. The number of amides is 1. The minimum absolute atomic E-state index is 0.00868. The van der Waals surface area contributed by atoms with E-state index >= 15 is 0 Å². The van der Waals surface area contributed by atoms with Gasteiger partial charge in [-0.15, -0.1) is 0 Å². The summed E-state index contributed by atoms with van der Waals surface area (Å²) in [6.07, 6.45) is -4.46. The van der Waals surface area contributed by atoms with Gasteiger partial charge < -0.3 is 4.90 Å². The molecule has 0 atom stereocenters. The van der Waals surface area contributed by atoms with Crippen LogP contribution in [-0.4, -0.2) is 30.1 Å². The van der Waals surface area contributed by atoms with E-state index in [0.29, 0.717) is 4.90 Å². The normalized spacial score (nSPS) is 11.4. The monoisotopic (exact) mass is 327 g/mol. The summed E-state index contributed by atoms with van der Waals surface area (Å²) < 4.78 is 49.7. The van der Waals surface area contributed by atoms with Crippen LogP contribution in [0.3, 0.4) is 0 Å². The van der Waals surface area contributed by atoms with Gasteiger partial charge in [-0.05, 0) is 41.1 Å². The molecule has 0 N–H and O–H groups in total. The molecule has 1 amide bonds. The van der Waals surface area contributed by atoms with Crippen LogP contribution < -0.4 is 0 Å². The number of carbonyl (C=O) groups excluding carboxylic acids is 1.